The smallest absolute Gasteiger partial charge is 0.250 e. The summed E-state index contributed by atoms with van der Waals surface area (Å²) in [6.07, 6.45) is 8.25. The van der Waals surface area contributed by atoms with Gasteiger partial charge >= 0.3 is 0 Å². The van der Waals surface area contributed by atoms with Gasteiger partial charge in [-0.3, -0.25) is 9.48 Å². The van der Waals surface area contributed by atoms with E-state index in [9.17, 15) is 4.79 Å². The number of hydrogen-bond acceptors (Lipinski definition) is 6. The maximum absolute atomic E-state index is 12.3. The summed E-state index contributed by atoms with van der Waals surface area (Å²) in [6.45, 7) is 1.66. The van der Waals surface area contributed by atoms with Crippen LogP contribution in [0.5, 0.6) is 0 Å². The maximum Gasteiger partial charge on any atom is 0.250 e. The summed E-state index contributed by atoms with van der Waals surface area (Å²) in [5.41, 5.74) is 0.778. The fourth-order valence-electron chi connectivity index (χ4n) is 2.91. The standard InChI is InChI=1S/C16H17N5O3/c22-14(10-21-6-1-5-17-21)20-7-2-12(3-8-20)15-18-19-16(24-15)13-4-9-23-11-13/h1,4-6,9,11-12H,2-3,7-8,10H2. The Morgan fingerprint density at radius 3 is 2.88 bits per heavy atom. The molecule has 0 saturated carbocycles. The quantitative estimate of drug-likeness (QED) is 0.727. The van der Waals surface area contributed by atoms with Gasteiger partial charge in [0.1, 0.15) is 12.8 Å². The van der Waals surface area contributed by atoms with E-state index in [2.05, 4.69) is 15.3 Å². The van der Waals surface area contributed by atoms with E-state index in [0.29, 0.717) is 24.9 Å². The Hall–Kier alpha value is -2.90. The molecule has 3 aromatic rings. The predicted molar refractivity (Wildman–Crippen MR) is 82.8 cm³/mol. The first-order valence-electron chi connectivity index (χ1n) is 7.91. The Balaban J connectivity index is 1.35. The van der Waals surface area contributed by atoms with Gasteiger partial charge in [-0.25, -0.2) is 0 Å². The molecule has 124 valence electrons. The van der Waals surface area contributed by atoms with Gasteiger partial charge in [0.25, 0.3) is 5.89 Å². The first-order valence-corrected chi connectivity index (χ1v) is 7.91. The van der Waals surface area contributed by atoms with E-state index in [0.717, 1.165) is 18.4 Å². The molecule has 4 rings (SSSR count). The van der Waals surface area contributed by atoms with Crippen LogP contribution in [-0.2, 0) is 11.3 Å². The molecular weight excluding hydrogens is 310 g/mol. The van der Waals surface area contributed by atoms with Crippen molar-refractivity contribution in [2.45, 2.75) is 25.3 Å². The molecule has 1 amide bonds. The molecule has 1 aliphatic heterocycles. The van der Waals surface area contributed by atoms with Crippen LogP contribution in [-0.4, -0.2) is 43.9 Å². The second-order valence-electron chi connectivity index (χ2n) is 5.82. The van der Waals surface area contributed by atoms with Crippen LogP contribution in [0.3, 0.4) is 0 Å². The molecule has 0 unspecified atom stereocenters. The van der Waals surface area contributed by atoms with Gasteiger partial charge in [0.15, 0.2) is 0 Å². The molecule has 24 heavy (non-hydrogen) atoms. The molecule has 0 N–H and O–H groups in total. The molecule has 0 aromatic carbocycles. The lowest BCUT2D eigenvalue weighted by molar-refractivity contribution is -0.133. The van der Waals surface area contributed by atoms with Crippen LogP contribution in [0.1, 0.15) is 24.7 Å². The molecule has 0 aliphatic carbocycles. The van der Waals surface area contributed by atoms with Crippen LogP contribution in [0.4, 0.5) is 0 Å². The fourth-order valence-corrected chi connectivity index (χ4v) is 2.91. The molecule has 1 fully saturated rings. The van der Waals surface area contributed by atoms with E-state index in [1.54, 1.807) is 35.7 Å². The fraction of sp³-hybridized carbons (Fsp3) is 0.375. The lowest BCUT2D eigenvalue weighted by Gasteiger charge is -2.30. The molecule has 0 spiro atoms. The van der Waals surface area contributed by atoms with E-state index in [4.69, 9.17) is 8.83 Å². The molecule has 8 heteroatoms. The molecule has 0 bridgehead atoms. The SMILES string of the molecule is O=C(Cn1cccn1)N1CCC(c2nnc(-c3ccoc3)o2)CC1. The third-order valence-corrected chi connectivity index (χ3v) is 4.26. The molecular formula is C16H17N5O3. The van der Waals surface area contributed by atoms with Crippen molar-refractivity contribution in [1.29, 1.82) is 0 Å². The molecule has 4 heterocycles. The van der Waals surface area contributed by atoms with Gasteiger partial charge in [-0.15, -0.1) is 10.2 Å². The van der Waals surface area contributed by atoms with Gasteiger partial charge in [-0.05, 0) is 25.0 Å². The van der Waals surface area contributed by atoms with Gasteiger partial charge in [0.2, 0.25) is 11.8 Å². The van der Waals surface area contributed by atoms with Crippen molar-refractivity contribution in [2.24, 2.45) is 0 Å². The average molecular weight is 327 g/mol. The van der Waals surface area contributed by atoms with Crippen molar-refractivity contribution in [1.82, 2.24) is 24.9 Å². The van der Waals surface area contributed by atoms with Crippen LogP contribution >= 0.6 is 0 Å². The van der Waals surface area contributed by atoms with Gasteiger partial charge in [0.05, 0.1) is 11.8 Å². The van der Waals surface area contributed by atoms with Crippen molar-refractivity contribution in [2.75, 3.05) is 13.1 Å². The largest absolute Gasteiger partial charge is 0.472 e. The number of nitrogens with zero attached hydrogens (tertiary/aromatic N) is 5. The number of piperidine rings is 1. The number of carbonyl (C=O) groups excluding carboxylic acids is 1. The first-order chi connectivity index (χ1) is 11.8. The molecule has 0 atom stereocenters. The van der Waals surface area contributed by atoms with Gasteiger partial charge in [-0.2, -0.15) is 5.10 Å². The number of aromatic nitrogens is 4. The zero-order valence-electron chi connectivity index (χ0n) is 13.0. The number of hydrogen-bond donors (Lipinski definition) is 0. The number of amides is 1. The summed E-state index contributed by atoms with van der Waals surface area (Å²) >= 11 is 0. The normalized spacial score (nSPS) is 15.8. The Labute approximate surface area is 138 Å². The van der Waals surface area contributed by atoms with Crippen LogP contribution in [0, 0.1) is 0 Å². The number of carbonyl (C=O) groups is 1. The molecule has 8 nitrogen and oxygen atoms in total. The van der Waals surface area contributed by atoms with Gasteiger partial charge in [-0.1, -0.05) is 0 Å². The number of likely N-dealkylation sites (tertiary alicyclic amines) is 1. The minimum Gasteiger partial charge on any atom is -0.472 e. The van der Waals surface area contributed by atoms with Gasteiger partial charge in [0, 0.05) is 31.4 Å². The van der Waals surface area contributed by atoms with Crippen LogP contribution in [0.25, 0.3) is 11.5 Å². The minimum absolute atomic E-state index is 0.0850. The highest BCUT2D eigenvalue weighted by Gasteiger charge is 2.27. The summed E-state index contributed by atoms with van der Waals surface area (Å²) in [5, 5.41) is 12.3. The molecule has 3 aromatic heterocycles. The van der Waals surface area contributed by atoms with E-state index in [-0.39, 0.29) is 18.4 Å². The molecule has 0 radical (unpaired) electrons. The summed E-state index contributed by atoms with van der Waals surface area (Å²) in [5.74, 6) is 1.37. The number of furan rings is 1. The van der Waals surface area contributed by atoms with E-state index >= 15 is 0 Å². The van der Waals surface area contributed by atoms with Crippen molar-refractivity contribution in [3.63, 3.8) is 0 Å². The minimum atomic E-state index is 0.0850. The average Bonchev–Trinajstić information content (AvgIpc) is 3.36. The topological polar surface area (TPSA) is 90.2 Å². The van der Waals surface area contributed by atoms with Crippen LogP contribution in [0.15, 0.2) is 45.9 Å². The summed E-state index contributed by atoms with van der Waals surface area (Å²) in [4.78, 5) is 14.1. The third-order valence-electron chi connectivity index (χ3n) is 4.26. The second kappa shape index (κ2) is 6.31. The molecule has 1 aliphatic rings. The lowest BCUT2D eigenvalue weighted by atomic mass is 9.97. The zero-order valence-corrected chi connectivity index (χ0v) is 13.0. The summed E-state index contributed by atoms with van der Waals surface area (Å²) in [7, 11) is 0. The predicted octanol–water partition coefficient (Wildman–Crippen LogP) is 1.93. The summed E-state index contributed by atoms with van der Waals surface area (Å²) < 4.78 is 12.4. The highest BCUT2D eigenvalue weighted by atomic mass is 16.4. The zero-order chi connectivity index (χ0) is 16.4. The summed E-state index contributed by atoms with van der Waals surface area (Å²) in [6, 6.07) is 3.60. The Kier molecular flexibility index (Phi) is 3.86. The first kappa shape index (κ1) is 14.7. The van der Waals surface area contributed by atoms with Crippen molar-refractivity contribution >= 4 is 5.91 Å². The Bertz CT molecular complexity index is 786. The highest BCUT2D eigenvalue weighted by molar-refractivity contribution is 5.76. The maximum atomic E-state index is 12.3. The van der Waals surface area contributed by atoms with E-state index in [1.807, 2.05) is 11.0 Å². The highest BCUT2D eigenvalue weighted by Crippen LogP contribution is 2.29. The van der Waals surface area contributed by atoms with Crippen molar-refractivity contribution < 1.29 is 13.6 Å². The Morgan fingerprint density at radius 1 is 1.29 bits per heavy atom. The Morgan fingerprint density at radius 2 is 2.17 bits per heavy atom. The van der Waals surface area contributed by atoms with Crippen LogP contribution < -0.4 is 0 Å². The van der Waals surface area contributed by atoms with Crippen molar-refractivity contribution in [3.8, 4) is 11.5 Å². The number of rotatable bonds is 4. The lowest BCUT2D eigenvalue weighted by Crippen LogP contribution is -2.39. The van der Waals surface area contributed by atoms with E-state index < -0.39 is 0 Å². The third kappa shape index (κ3) is 2.94. The van der Waals surface area contributed by atoms with Crippen molar-refractivity contribution in [3.05, 3.63) is 42.9 Å². The van der Waals surface area contributed by atoms with Gasteiger partial charge < -0.3 is 13.7 Å². The second-order valence-corrected chi connectivity index (χ2v) is 5.82. The van der Waals surface area contributed by atoms with Crippen LogP contribution in [0.2, 0.25) is 0 Å². The monoisotopic (exact) mass is 327 g/mol. The molecule has 1 saturated heterocycles. The van der Waals surface area contributed by atoms with E-state index in [1.165, 1.54) is 0 Å².